The monoisotopic (exact) mass is 413 g/mol. The SMILES string of the molecule is CS(=O)(=O)Nc1cc2c(/C=C/c3cccc(N)c3)n[nH]c2cc1N1CCOCC1. The first-order valence-electron chi connectivity index (χ1n) is 9.25. The zero-order valence-electron chi connectivity index (χ0n) is 16.1. The Balaban J connectivity index is 1.75. The van der Waals surface area contributed by atoms with E-state index in [9.17, 15) is 8.42 Å². The molecule has 1 saturated heterocycles. The summed E-state index contributed by atoms with van der Waals surface area (Å²) < 4.78 is 31.9. The van der Waals surface area contributed by atoms with E-state index in [1.807, 2.05) is 48.6 Å². The fraction of sp³-hybridized carbons (Fsp3) is 0.250. The summed E-state index contributed by atoms with van der Waals surface area (Å²) in [5, 5.41) is 8.26. The molecule has 0 amide bonds. The standard InChI is InChI=1S/C20H23N5O3S/c1-29(26,27)24-19-12-16-17(6-5-14-3-2-4-15(21)11-14)22-23-18(16)13-20(19)25-7-9-28-10-8-25/h2-6,11-13,24H,7-10,21H2,1H3,(H,22,23)/b6-5+. The van der Waals surface area contributed by atoms with Gasteiger partial charge in [0.1, 0.15) is 0 Å². The van der Waals surface area contributed by atoms with Crippen molar-refractivity contribution in [3.05, 3.63) is 47.7 Å². The van der Waals surface area contributed by atoms with Crippen LogP contribution in [-0.4, -0.2) is 51.2 Å². The molecule has 0 atom stereocenters. The summed E-state index contributed by atoms with van der Waals surface area (Å²) in [6.07, 6.45) is 4.95. The predicted molar refractivity (Wildman–Crippen MR) is 117 cm³/mol. The van der Waals surface area contributed by atoms with Gasteiger partial charge in [0.15, 0.2) is 0 Å². The summed E-state index contributed by atoms with van der Waals surface area (Å²) in [5.41, 5.74) is 10.4. The summed E-state index contributed by atoms with van der Waals surface area (Å²) in [6.45, 7) is 2.60. The molecule has 9 heteroatoms. The first kappa shape index (κ1) is 19.3. The van der Waals surface area contributed by atoms with Crippen LogP contribution in [0.4, 0.5) is 17.1 Å². The number of sulfonamides is 1. The fourth-order valence-electron chi connectivity index (χ4n) is 3.39. The Labute approximate surface area is 169 Å². The van der Waals surface area contributed by atoms with Crippen LogP contribution < -0.4 is 15.4 Å². The Kier molecular flexibility index (Phi) is 5.16. The molecular weight excluding hydrogens is 390 g/mol. The topological polar surface area (TPSA) is 113 Å². The van der Waals surface area contributed by atoms with Crippen LogP contribution in [0, 0.1) is 0 Å². The first-order chi connectivity index (χ1) is 13.9. The van der Waals surface area contributed by atoms with E-state index in [0.29, 0.717) is 43.4 Å². The average molecular weight is 414 g/mol. The Morgan fingerprint density at radius 1 is 1.21 bits per heavy atom. The molecule has 3 aromatic rings. The van der Waals surface area contributed by atoms with Crippen LogP contribution in [-0.2, 0) is 14.8 Å². The number of nitrogens with one attached hydrogen (secondary N) is 2. The van der Waals surface area contributed by atoms with Crippen LogP contribution in [0.25, 0.3) is 23.1 Å². The van der Waals surface area contributed by atoms with Crippen molar-refractivity contribution in [2.24, 2.45) is 0 Å². The van der Waals surface area contributed by atoms with Crippen LogP contribution in [0.2, 0.25) is 0 Å². The van der Waals surface area contributed by atoms with Crippen molar-refractivity contribution in [1.29, 1.82) is 0 Å². The lowest BCUT2D eigenvalue weighted by molar-refractivity contribution is 0.123. The van der Waals surface area contributed by atoms with Crippen LogP contribution in [0.5, 0.6) is 0 Å². The number of morpholine rings is 1. The van der Waals surface area contributed by atoms with E-state index >= 15 is 0 Å². The molecule has 4 rings (SSSR count). The molecule has 2 heterocycles. The van der Waals surface area contributed by atoms with Crippen LogP contribution >= 0.6 is 0 Å². The zero-order chi connectivity index (χ0) is 20.4. The van der Waals surface area contributed by atoms with E-state index in [1.54, 1.807) is 0 Å². The average Bonchev–Trinajstić information content (AvgIpc) is 3.07. The Morgan fingerprint density at radius 2 is 2.00 bits per heavy atom. The minimum absolute atomic E-state index is 0.530. The smallest absolute Gasteiger partial charge is 0.229 e. The van der Waals surface area contributed by atoms with E-state index in [0.717, 1.165) is 28.4 Å². The highest BCUT2D eigenvalue weighted by Crippen LogP contribution is 2.33. The molecule has 0 spiro atoms. The van der Waals surface area contributed by atoms with Crippen molar-refractivity contribution in [2.45, 2.75) is 0 Å². The third-order valence-electron chi connectivity index (χ3n) is 4.70. The number of rotatable bonds is 5. The van der Waals surface area contributed by atoms with Crippen molar-refractivity contribution in [2.75, 3.05) is 47.9 Å². The van der Waals surface area contributed by atoms with Crippen molar-refractivity contribution in [1.82, 2.24) is 10.2 Å². The second-order valence-electron chi connectivity index (χ2n) is 7.00. The van der Waals surface area contributed by atoms with Gasteiger partial charge in [0.2, 0.25) is 10.0 Å². The quantitative estimate of drug-likeness (QED) is 0.554. The number of aromatic nitrogens is 2. The minimum Gasteiger partial charge on any atom is -0.399 e. The largest absolute Gasteiger partial charge is 0.399 e. The normalized spacial score (nSPS) is 15.3. The van der Waals surface area contributed by atoms with Gasteiger partial charge in [-0.2, -0.15) is 5.10 Å². The van der Waals surface area contributed by atoms with Gasteiger partial charge in [0, 0.05) is 24.2 Å². The zero-order valence-corrected chi connectivity index (χ0v) is 16.9. The van der Waals surface area contributed by atoms with Crippen LogP contribution in [0.3, 0.4) is 0 Å². The van der Waals surface area contributed by atoms with Gasteiger partial charge in [-0.05, 0) is 35.9 Å². The van der Waals surface area contributed by atoms with Gasteiger partial charge in [-0.1, -0.05) is 18.2 Å². The van der Waals surface area contributed by atoms with Crippen molar-refractivity contribution in [3.63, 3.8) is 0 Å². The van der Waals surface area contributed by atoms with Gasteiger partial charge in [0.05, 0.1) is 42.1 Å². The summed E-state index contributed by atoms with van der Waals surface area (Å²) >= 11 is 0. The first-order valence-corrected chi connectivity index (χ1v) is 11.1. The molecule has 1 aliphatic heterocycles. The number of H-pyrrole nitrogens is 1. The van der Waals surface area contributed by atoms with Crippen LogP contribution in [0.1, 0.15) is 11.3 Å². The number of anilines is 3. The summed E-state index contributed by atoms with van der Waals surface area (Å²) in [5.74, 6) is 0. The maximum absolute atomic E-state index is 11.9. The molecule has 1 aromatic heterocycles. The molecule has 0 radical (unpaired) electrons. The molecule has 2 aromatic carbocycles. The highest BCUT2D eigenvalue weighted by atomic mass is 32.2. The van der Waals surface area contributed by atoms with Gasteiger partial charge in [-0.15, -0.1) is 0 Å². The van der Waals surface area contributed by atoms with E-state index in [1.165, 1.54) is 0 Å². The number of nitrogens with two attached hydrogens (primary N) is 1. The molecule has 0 unspecified atom stereocenters. The second-order valence-corrected chi connectivity index (χ2v) is 8.75. The fourth-order valence-corrected chi connectivity index (χ4v) is 3.95. The van der Waals surface area contributed by atoms with Gasteiger partial charge < -0.3 is 15.4 Å². The van der Waals surface area contributed by atoms with Gasteiger partial charge in [0.25, 0.3) is 0 Å². The molecule has 8 nitrogen and oxygen atoms in total. The lowest BCUT2D eigenvalue weighted by atomic mass is 10.1. The van der Waals surface area contributed by atoms with Gasteiger partial charge in [-0.25, -0.2) is 8.42 Å². The lowest BCUT2D eigenvalue weighted by Crippen LogP contribution is -2.36. The number of ether oxygens (including phenoxy) is 1. The van der Waals surface area contributed by atoms with Crippen LogP contribution in [0.15, 0.2) is 36.4 Å². The molecule has 1 fully saturated rings. The third-order valence-corrected chi connectivity index (χ3v) is 5.29. The number of nitrogen functional groups attached to an aromatic ring is 1. The summed E-state index contributed by atoms with van der Waals surface area (Å²) in [6, 6.07) is 11.3. The van der Waals surface area contributed by atoms with Crippen molar-refractivity contribution in [3.8, 4) is 0 Å². The molecule has 1 aliphatic rings. The number of hydrogen-bond acceptors (Lipinski definition) is 6. The molecule has 0 aliphatic carbocycles. The second kappa shape index (κ2) is 7.76. The molecule has 29 heavy (non-hydrogen) atoms. The highest BCUT2D eigenvalue weighted by molar-refractivity contribution is 7.92. The summed E-state index contributed by atoms with van der Waals surface area (Å²) in [7, 11) is -3.43. The lowest BCUT2D eigenvalue weighted by Gasteiger charge is -2.30. The number of benzene rings is 2. The molecule has 0 bridgehead atoms. The minimum atomic E-state index is -3.43. The third kappa shape index (κ3) is 4.52. The highest BCUT2D eigenvalue weighted by Gasteiger charge is 2.19. The molecular formula is C20H23N5O3S. The maximum Gasteiger partial charge on any atom is 0.229 e. The molecule has 152 valence electrons. The Bertz CT molecular complexity index is 1160. The van der Waals surface area contributed by atoms with E-state index in [4.69, 9.17) is 10.5 Å². The number of aromatic amines is 1. The van der Waals surface area contributed by atoms with E-state index in [2.05, 4.69) is 19.8 Å². The number of hydrogen-bond donors (Lipinski definition) is 3. The van der Waals surface area contributed by atoms with Crippen molar-refractivity contribution < 1.29 is 13.2 Å². The van der Waals surface area contributed by atoms with Gasteiger partial charge >= 0.3 is 0 Å². The predicted octanol–water partition coefficient (Wildman–Crippen LogP) is 2.52. The number of fused-ring (bicyclic) bond motifs is 1. The van der Waals surface area contributed by atoms with Crippen molar-refractivity contribution >= 4 is 50.1 Å². The molecule has 0 saturated carbocycles. The Hall–Kier alpha value is -3.04. The maximum atomic E-state index is 11.9. The summed E-state index contributed by atoms with van der Waals surface area (Å²) in [4.78, 5) is 2.11. The van der Waals surface area contributed by atoms with E-state index in [-0.39, 0.29) is 0 Å². The van der Waals surface area contributed by atoms with Gasteiger partial charge in [-0.3, -0.25) is 9.82 Å². The molecule has 4 N–H and O–H groups in total. The Morgan fingerprint density at radius 3 is 2.72 bits per heavy atom. The number of nitrogens with zero attached hydrogens (tertiary/aromatic N) is 2. The van der Waals surface area contributed by atoms with E-state index < -0.39 is 10.0 Å².